The highest BCUT2D eigenvalue weighted by atomic mass is 15.2. The molecule has 0 radical (unpaired) electrons. The first kappa shape index (κ1) is 9.16. The van der Waals surface area contributed by atoms with Crippen LogP contribution >= 0.6 is 0 Å². The molecule has 0 amide bonds. The van der Waals surface area contributed by atoms with Crippen LogP contribution in [0.15, 0.2) is 12.3 Å². The van der Waals surface area contributed by atoms with Gasteiger partial charge in [0.1, 0.15) is 5.82 Å². The van der Waals surface area contributed by atoms with Crippen LogP contribution in [0, 0.1) is 0 Å². The number of anilines is 1. The molecule has 0 atom stereocenters. The summed E-state index contributed by atoms with van der Waals surface area (Å²) in [7, 11) is 0. The molecule has 3 heteroatoms. The van der Waals surface area contributed by atoms with E-state index in [9.17, 15) is 0 Å². The van der Waals surface area contributed by atoms with Gasteiger partial charge in [0.15, 0.2) is 0 Å². The predicted octanol–water partition coefficient (Wildman–Crippen LogP) is 1.33. The number of rotatable bonds is 1. The monoisotopic (exact) mass is 203 g/mol. The summed E-state index contributed by atoms with van der Waals surface area (Å²) in [5.74, 6) is 1.26. The van der Waals surface area contributed by atoms with Crippen LogP contribution in [0.25, 0.3) is 0 Å². The van der Waals surface area contributed by atoms with Crippen LogP contribution in [-0.4, -0.2) is 24.6 Å². The first-order chi connectivity index (χ1) is 7.45. The van der Waals surface area contributed by atoms with E-state index < -0.39 is 0 Å². The van der Waals surface area contributed by atoms with Gasteiger partial charge in [0.25, 0.3) is 0 Å². The minimum Gasteiger partial charge on any atom is -0.356 e. The van der Waals surface area contributed by atoms with Crippen molar-refractivity contribution in [2.45, 2.75) is 25.8 Å². The zero-order chi connectivity index (χ0) is 10.1. The van der Waals surface area contributed by atoms with Gasteiger partial charge in [-0.1, -0.05) is 0 Å². The van der Waals surface area contributed by atoms with Crippen molar-refractivity contribution in [2.24, 2.45) is 0 Å². The number of pyridine rings is 1. The number of hydrogen-bond donors (Lipinski definition) is 1. The second-order valence-electron chi connectivity index (χ2n) is 4.39. The Morgan fingerprint density at radius 1 is 1.27 bits per heavy atom. The van der Waals surface area contributed by atoms with Gasteiger partial charge in [-0.3, -0.25) is 0 Å². The number of nitrogens with zero attached hydrogens (tertiary/aromatic N) is 2. The molecule has 80 valence electrons. The van der Waals surface area contributed by atoms with Crippen LogP contribution in [0.4, 0.5) is 5.82 Å². The fourth-order valence-corrected chi connectivity index (χ4v) is 2.60. The third-order valence-corrected chi connectivity index (χ3v) is 3.40. The molecule has 0 bridgehead atoms. The van der Waals surface area contributed by atoms with Crippen LogP contribution in [0.5, 0.6) is 0 Å². The van der Waals surface area contributed by atoms with Gasteiger partial charge in [0.05, 0.1) is 0 Å². The average molecular weight is 203 g/mol. The van der Waals surface area contributed by atoms with E-state index in [0.717, 1.165) is 19.5 Å². The van der Waals surface area contributed by atoms with Crippen LogP contribution in [0.2, 0.25) is 0 Å². The van der Waals surface area contributed by atoms with Crippen LogP contribution in [0.1, 0.15) is 24.0 Å². The minimum atomic E-state index is 1.01. The van der Waals surface area contributed by atoms with E-state index >= 15 is 0 Å². The average Bonchev–Trinajstić information content (AvgIpc) is 2.82. The highest BCUT2D eigenvalue weighted by Gasteiger charge is 2.20. The Hall–Kier alpha value is -1.09. The second kappa shape index (κ2) is 3.81. The van der Waals surface area contributed by atoms with Gasteiger partial charge in [0, 0.05) is 31.4 Å². The SMILES string of the molecule is c1cc2c(c(N3CCCC3)n1)CCNC2. The molecule has 2 aliphatic heterocycles. The molecule has 3 heterocycles. The summed E-state index contributed by atoms with van der Waals surface area (Å²) in [6, 6.07) is 2.15. The van der Waals surface area contributed by atoms with Crippen LogP contribution in [-0.2, 0) is 13.0 Å². The predicted molar refractivity (Wildman–Crippen MR) is 61.1 cm³/mol. The summed E-state index contributed by atoms with van der Waals surface area (Å²) >= 11 is 0. The van der Waals surface area contributed by atoms with E-state index in [1.807, 2.05) is 6.20 Å². The molecule has 3 rings (SSSR count). The Balaban J connectivity index is 1.99. The first-order valence-corrected chi connectivity index (χ1v) is 5.87. The molecule has 3 nitrogen and oxygen atoms in total. The van der Waals surface area contributed by atoms with Gasteiger partial charge in [-0.2, -0.15) is 0 Å². The van der Waals surface area contributed by atoms with Gasteiger partial charge in [0.2, 0.25) is 0 Å². The maximum absolute atomic E-state index is 4.57. The molecule has 0 aromatic carbocycles. The van der Waals surface area contributed by atoms with Crippen LogP contribution < -0.4 is 10.2 Å². The maximum atomic E-state index is 4.57. The van der Waals surface area contributed by atoms with Gasteiger partial charge >= 0.3 is 0 Å². The maximum Gasteiger partial charge on any atom is 0.132 e. The van der Waals surface area contributed by atoms with E-state index in [-0.39, 0.29) is 0 Å². The summed E-state index contributed by atoms with van der Waals surface area (Å²) < 4.78 is 0. The lowest BCUT2D eigenvalue weighted by atomic mass is 10.0. The molecule has 0 saturated carbocycles. The normalized spacial score (nSPS) is 20.4. The molecule has 0 aliphatic carbocycles. The van der Waals surface area contributed by atoms with E-state index in [1.54, 1.807) is 0 Å². The molecule has 0 unspecified atom stereocenters. The smallest absolute Gasteiger partial charge is 0.132 e. The highest BCUT2D eigenvalue weighted by Crippen LogP contribution is 2.26. The van der Waals surface area contributed by atoms with Crippen molar-refractivity contribution < 1.29 is 0 Å². The van der Waals surface area contributed by atoms with Crippen molar-refractivity contribution in [3.05, 3.63) is 23.4 Å². The Bertz CT molecular complexity index is 356. The standard InChI is InChI=1S/C12H17N3/c1-2-8-15(7-1)12-11-4-5-13-9-10(11)3-6-14-12/h3,6,13H,1-2,4-5,7-9H2. The first-order valence-electron chi connectivity index (χ1n) is 5.87. The fraction of sp³-hybridized carbons (Fsp3) is 0.583. The summed E-state index contributed by atoms with van der Waals surface area (Å²) in [4.78, 5) is 7.02. The van der Waals surface area contributed by atoms with Gasteiger partial charge in [-0.05, 0) is 37.4 Å². The van der Waals surface area contributed by atoms with Crippen molar-refractivity contribution >= 4 is 5.82 Å². The summed E-state index contributed by atoms with van der Waals surface area (Å²) in [6.45, 7) is 4.49. The van der Waals surface area contributed by atoms with E-state index in [0.29, 0.717) is 0 Å². The summed E-state index contributed by atoms with van der Waals surface area (Å²) in [5, 5.41) is 3.41. The third kappa shape index (κ3) is 1.61. The van der Waals surface area contributed by atoms with E-state index in [2.05, 4.69) is 21.3 Å². The molecule has 2 aliphatic rings. The Kier molecular flexibility index (Phi) is 2.33. The van der Waals surface area contributed by atoms with Crippen molar-refractivity contribution in [3.8, 4) is 0 Å². The lowest BCUT2D eigenvalue weighted by Gasteiger charge is -2.25. The number of nitrogens with one attached hydrogen (secondary N) is 1. The topological polar surface area (TPSA) is 28.2 Å². The zero-order valence-electron chi connectivity index (χ0n) is 9.00. The van der Waals surface area contributed by atoms with Gasteiger partial charge in [-0.15, -0.1) is 0 Å². The molecule has 1 aromatic rings. The zero-order valence-corrected chi connectivity index (χ0v) is 9.00. The van der Waals surface area contributed by atoms with Gasteiger partial charge < -0.3 is 10.2 Å². The highest BCUT2D eigenvalue weighted by molar-refractivity contribution is 5.52. The lowest BCUT2D eigenvalue weighted by Crippen LogP contribution is -2.28. The summed E-state index contributed by atoms with van der Waals surface area (Å²) in [5.41, 5.74) is 2.93. The van der Waals surface area contributed by atoms with Crippen molar-refractivity contribution in [1.82, 2.24) is 10.3 Å². The Morgan fingerprint density at radius 3 is 3.00 bits per heavy atom. The molecule has 1 saturated heterocycles. The van der Waals surface area contributed by atoms with Gasteiger partial charge in [-0.25, -0.2) is 4.98 Å². The second-order valence-corrected chi connectivity index (χ2v) is 4.39. The number of aromatic nitrogens is 1. The molecule has 1 fully saturated rings. The Morgan fingerprint density at radius 2 is 2.13 bits per heavy atom. The number of hydrogen-bond acceptors (Lipinski definition) is 3. The molecule has 1 aromatic heterocycles. The van der Waals surface area contributed by atoms with E-state index in [4.69, 9.17) is 0 Å². The van der Waals surface area contributed by atoms with Crippen LogP contribution in [0.3, 0.4) is 0 Å². The largest absolute Gasteiger partial charge is 0.356 e. The third-order valence-electron chi connectivity index (χ3n) is 3.40. The van der Waals surface area contributed by atoms with Crippen molar-refractivity contribution in [2.75, 3.05) is 24.5 Å². The molecule has 15 heavy (non-hydrogen) atoms. The molecular formula is C12H17N3. The van der Waals surface area contributed by atoms with E-state index in [1.165, 1.54) is 42.9 Å². The summed E-state index contributed by atoms with van der Waals surface area (Å²) in [6.07, 6.45) is 5.74. The Labute approximate surface area is 90.5 Å². The molecule has 0 spiro atoms. The minimum absolute atomic E-state index is 1.01. The molecular weight excluding hydrogens is 186 g/mol. The van der Waals surface area contributed by atoms with Crippen molar-refractivity contribution in [3.63, 3.8) is 0 Å². The lowest BCUT2D eigenvalue weighted by molar-refractivity contribution is 0.639. The fourth-order valence-electron chi connectivity index (χ4n) is 2.60. The quantitative estimate of drug-likeness (QED) is 0.746. The molecule has 1 N–H and O–H groups in total. The number of fused-ring (bicyclic) bond motifs is 1. The van der Waals surface area contributed by atoms with Crippen molar-refractivity contribution in [1.29, 1.82) is 0 Å².